The average molecular weight is 294 g/mol. The van der Waals surface area contributed by atoms with Gasteiger partial charge in [0.05, 0.1) is 6.42 Å². The van der Waals surface area contributed by atoms with Gasteiger partial charge in [-0.2, -0.15) is 0 Å². The van der Waals surface area contributed by atoms with Gasteiger partial charge in [0.25, 0.3) is 0 Å². The lowest BCUT2D eigenvalue weighted by Gasteiger charge is -2.04. The highest BCUT2D eigenvalue weighted by Crippen LogP contribution is 2.13. The minimum absolute atomic E-state index is 0.131. The van der Waals surface area contributed by atoms with E-state index in [1.807, 2.05) is 24.5 Å². The van der Waals surface area contributed by atoms with E-state index in [1.165, 1.54) is 11.8 Å². The van der Waals surface area contributed by atoms with E-state index in [1.54, 1.807) is 18.2 Å². The molecule has 2 aromatic rings. The molecule has 0 unspecified atom stereocenters. The van der Waals surface area contributed by atoms with Crippen LogP contribution in [0.2, 0.25) is 5.02 Å². The molecule has 0 aliphatic carbocycles. The number of hydrogen-bond donors (Lipinski definition) is 1. The van der Waals surface area contributed by atoms with Crippen LogP contribution in [-0.2, 0) is 11.2 Å². The lowest BCUT2D eigenvalue weighted by molar-refractivity contribution is -0.115. The summed E-state index contributed by atoms with van der Waals surface area (Å²) in [5.74, 6) is 0.324. The topological polar surface area (TPSA) is 54.9 Å². The van der Waals surface area contributed by atoms with Gasteiger partial charge >= 0.3 is 0 Å². The number of nitrogens with zero attached hydrogens (tertiary/aromatic N) is 2. The molecule has 1 amide bonds. The van der Waals surface area contributed by atoms with Crippen molar-refractivity contribution in [1.29, 1.82) is 0 Å². The number of aromatic nitrogens is 2. The molecule has 1 N–H and O–H groups in total. The molecule has 0 radical (unpaired) electrons. The van der Waals surface area contributed by atoms with Gasteiger partial charge < -0.3 is 5.32 Å². The zero-order valence-corrected chi connectivity index (χ0v) is 11.8. The van der Waals surface area contributed by atoms with E-state index in [0.29, 0.717) is 10.8 Å². The number of anilines is 1. The molecule has 0 aliphatic rings. The third-order valence-corrected chi connectivity index (χ3v) is 3.28. The Morgan fingerprint density at radius 3 is 2.53 bits per heavy atom. The van der Waals surface area contributed by atoms with Gasteiger partial charge in [0, 0.05) is 5.02 Å². The molecule has 0 bridgehead atoms. The Morgan fingerprint density at radius 2 is 1.95 bits per heavy atom. The van der Waals surface area contributed by atoms with Crippen LogP contribution in [0, 0.1) is 0 Å². The van der Waals surface area contributed by atoms with Gasteiger partial charge in [-0.25, -0.2) is 0 Å². The number of rotatable bonds is 4. The minimum atomic E-state index is -0.131. The number of hydrogen-bond acceptors (Lipinski definition) is 4. The first-order valence-electron chi connectivity index (χ1n) is 5.59. The second-order valence-electron chi connectivity index (χ2n) is 3.81. The second-order valence-corrected chi connectivity index (χ2v) is 5.08. The minimum Gasteiger partial charge on any atom is -0.309 e. The largest absolute Gasteiger partial charge is 0.309 e. The molecule has 0 saturated carbocycles. The number of benzene rings is 1. The number of halogens is 1. The molecular weight excluding hydrogens is 282 g/mol. The maximum absolute atomic E-state index is 11.8. The van der Waals surface area contributed by atoms with Crippen molar-refractivity contribution >= 4 is 35.1 Å². The van der Waals surface area contributed by atoms with Gasteiger partial charge in [-0.1, -0.05) is 23.7 Å². The van der Waals surface area contributed by atoms with E-state index in [4.69, 9.17) is 11.6 Å². The lowest BCUT2D eigenvalue weighted by Crippen LogP contribution is -2.15. The molecule has 1 aromatic carbocycles. The lowest BCUT2D eigenvalue weighted by atomic mass is 10.1. The number of amides is 1. The molecule has 0 aliphatic heterocycles. The summed E-state index contributed by atoms with van der Waals surface area (Å²) in [6.07, 6.45) is 2.20. The molecule has 1 aromatic heterocycles. The third-order valence-electron chi connectivity index (χ3n) is 2.39. The van der Waals surface area contributed by atoms with Crippen LogP contribution in [0.25, 0.3) is 0 Å². The summed E-state index contributed by atoms with van der Waals surface area (Å²) < 4.78 is 0. The van der Waals surface area contributed by atoms with Gasteiger partial charge in [-0.15, -0.1) is 22.0 Å². The maximum atomic E-state index is 11.8. The predicted molar refractivity (Wildman–Crippen MR) is 77.6 cm³/mol. The van der Waals surface area contributed by atoms with Crippen LogP contribution in [-0.4, -0.2) is 22.4 Å². The molecule has 0 fully saturated rings. The number of carbonyl (C=O) groups excluding carboxylic acids is 1. The second kappa shape index (κ2) is 6.54. The van der Waals surface area contributed by atoms with E-state index >= 15 is 0 Å². The normalized spacial score (nSPS) is 10.2. The fraction of sp³-hybridized carbons (Fsp3) is 0.154. The van der Waals surface area contributed by atoms with Crippen molar-refractivity contribution in [1.82, 2.24) is 10.2 Å². The molecule has 0 atom stereocenters. The summed E-state index contributed by atoms with van der Waals surface area (Å²) in [5.41, 5.74) is 0.899. The molecule has 2 rings (SSSR count). The Labute approximate surface area is 120 Å². The van der Waals surface area contributed by atoms with Crippen LogP contribution in [0.15, 0.2) is 41.4 Å². The van der Waals surface area contributed by atoms with Gasteiger partial charge in [-0.3, -0.25) is 4.79 Å². The summed E-state index contributed by atoms with van der Waals surface area (Å²) in [6.45, 7) is 0. The maximum Gasteiger partial charge on any atom is 0.229 e. The van der Waals surface area contributed by atoms with Crippen molar-refractivity contribution in [2.24, 2.45) is 0 Å². The predicted octanol–water partition coefficient (Wildman–Crippen LogP) is 3.03. The quantitative estimate of drug-likeness (QED) is 0.880. The first-order valence-corrected chi connectivity index (χ1v) is 7.19. The van der Waals surface area contributed by atoms with E-state index in [-0.39, 0.29) is 12.3 Å². The highest BCUT2D eigenvalue weighted by atomic mass is 35.5. The Balaban J connectivity index is 1.95. The Morgan fingerprint density at radius 1 is 1.21 bits per heavy atom. The first-order chi connectivity index (χ1) is 9.17. The smallest absolute Gasteiger partial charge is 0.229 e. The molecule has 0 spiro atoms. The number of thioether (sulfide) groups is 1. The van der Waals surface area contributed by atoms with Crippen LogP contribution in [0.4, 0.5) is 5.82 Å². The third kappa shape index (κ3) is 4.22. The standard InChI is InChI=1S/C13H12ClN3OS/c1-19-13-7-6-11(16-17-13)15-12(18)8-9-2-4-10(14)5-3-9/h2-7H,8H2,1H3,(H,15,16,18). The summed E-state index contributed by atoms with van der Waals surface area (Å²) in [5, 5.41) is 12.0. The Bertz CT molecular complexity index is 557. The monoisotopic (exact) mass is 293 g/mol. The van der Waals surface area contributed by atoms with Crippen LogP contribution in [0.3, 0.4) is 0 Å². The summed E-state index contributed by atoms with van der Waals surface area (Å²) >= 11 is 7.29. The van der Waals surface area contributed by atoms with E-state index in [9.17, 15) is 4.79 Å². The first kappa shape index (κ1) is 13.8. The molecule has 0 saturated heterocycles. The van der Waals surface area contributed by atoms with Crippen molar-refractivity contribution in [3.8, 4) is 0 Å². The van der Waals surface area contributed by atoms with Crippen molar-refractivity contribution in [2.45, 2.75) is 11.4 Å². The summed E-state index contributed by atoms with van der Waals surface area (Å²) in [6, 6.07) is 10.7. The van der Waals surface area contributed by atoms with Crippen LogP contribution < -0.4 is 5.32 Å². The summed E-state index contributed by atoms with van der Waals surface area (Å²) in [4.78, 5) is 11.8. The Kier molecular flexibility index (Phi) is 4.76. The van der Waals surface area contributed by atoms with Gasteiger partial charge in [0.1, 0.15) is 5.03 Å². The fourth-order valence-corrected chi connectivity index (χ4v) is 1.92. The summed E-state index contributed by atoms with van der Waals surface area (Å²) in [7, 11) is 0. The SMILES string of the molecule is CSc1ccc(NC(=O)Cc2ccc(Cl)cc2)nn1. The number of nitrogens with one attached hydrogen (secondary N) is 1. The van der Waals surface area contributed by atoms with Crippen molar-refractivity contribution < 1.29 is 4.79 Å². The zero-order valence-electron chi connectivity index (χ0n) is 10.3. The van der Waals surface area contributed by atoms with Crippen molar-refractivity contribution in [3.05, 3.63) is 47.0 Å². The van der Waals surface area contributed by atoms with E-state index < -0.39 is 0 Å². The van der Waals surface area contributed by atoms with Crippen molar-refractivity contribution in [3.63, 3.8) is 0 Å². The van der Waals surface area contributed by atoms with Gasteiger partial charge in [0.2, 0.25) is 5.91 Å². The Hall–Kier alpha value is -1.59. The van der Waals surface area contributed by atoms with E-state index in [0.717, 1.165) is 10.6 Å². The molecule has 1 heterocycles. The van der Waals surface area contributed by atoms with Crippen LogP contribution in [0.5, 0.6) is 0 Å². The molecular formula is C13H12ClN3OS. The van der Waals surface area contributed by atoms with E-state index in [2.05, 4.69) is 15.5 Å². The zero-order chi connectivity index (χ0) is 13.7. The number of carbonyl (C=O) groups is 1. The van der Waals surface area contributed by atoms with Crippen molar-refractivity contribution in [2.75, 3.05) is 11.6 Å². The van der Waals surface area contributed by atoms with Gasteiger partial charge in [-0.05, 0) is 36.1 Å². The molecule has 4 nitrogen and oxygen atoms in total. The fourth-order valence-electron chi connectivity index (χ4n) is 1.47. The molecule has 6 heteroatoms. The molecule has 19 heavy (non-hydrogen) atoms. The molecule has 98 valence electrons. The average Bonchev–Trinajstić information content (AvgIpc) is 2.42. The van der Waals surface area contributed by atoms with Crippen LogP contribution in [0.1, 0.15) is 5.56 Å². The van der Waals surface area contributed by atoms with Crippen LogP contribution >= 0.6 is 23.4 Å². The highest BCUT2D eigenvalue weighted by Gasteiger charge is 2.05. The highest BCUT2D eigenvalue weighted by molar-refractivity contribution is 7.98. The van der Waals surface area contributed by atoms with Gasteiger partial charge in [0.15, 0.2) is 5.82 Å².